The molecular formula is C10H10O2S. The van der Waals surface area contributed by atoms with Crippen molar-refractivity contribution in [1.29, 1.82) is 0 Å². The summed E-state index contributed by atoms with van der Waals surface area (Å²) in [6.07, 6.45) is 3.50. The van der Waals surface area contributed by atoms with Crippen molar-refractivity contribution in [3.8, 4) is 0 Å². The summed E-state index contributed by atoms with van der Waals surface area (Å²) in [5, 5.41) is 11.7. The number of hydrogen-bond donors (Lipinski definition) is 1. The average Bonchev–Trinajstić information content (AvgIpc) is 2.74. The quantitative estimate of drug-likeness (QED) is 0.814. The lowest BCUT2D eigenvalue weighted by molar-refractivity contribution is 0.182. The van der Waals surface area contributed by atoms with Crippen LogP contribution in [0.3, 0.4) is 0 Å². The first-order valence-corrected chi connectivity index (χ1v) is 4.97. The minimum Gasteiger partial charge on any atom is -0.472 e. The summed E-state index contributed by atoms with van der Waals surface area (Å²) in [5.41, 5.74) is 1.03. The van der Waals surface area contributed by atoms with Crippen LogP contribution >= 0.6 is 11.3 Å². The molecule has 0 aliphatic rings. The van der Waals surface area contributed by atoms with Gasteiger partial charge in [-0.2, -0.15) is 0 Å². The fraction of sp³-hybridized carbons (Fsp3) is 0.200. The van der Waals surface area contributed by atoms with E-state index in [0.29, 0.717) is 6.42 Å². The van der Waals surface area contributed by atoms with Crippen LogP contribution in [-0.4, -0.2) is 5.11 Å². The molecule has 0 aromatic carbocycles. The third-order valence-corrected chi connectivity index (χ3v) is 2.85. The first-order valence-electron chi connectivity index (χ1n) is 4.09. The van der Waals surface area contributed by atoms with Crippen LogP contribution in [0.2, 0.25) is 0 Å². The first-order chi connectivity index (χ1) is 6.36. The van der Waals surface area contributed by atoms with Crippen molar-refractivity contribution >= 4 is 11.3 Å². The Kier molecular flexibility index (Phi) is 2.47. The molecule has 0 aliphatic carbocycles. The van der Waals surface area contributed by atoms with Crippen LogP contribution in [-0.2, 0) is 6.42 Å². The summed E-state index contributed by atoms with van der Waals surface area (Å²) in [6.45, 7) is 0. The molecule has 2 aromatic rings. The lowest BCUT2D eigenvalue weighted by atomic mass is 10.1. The number of furan rings is 1. The molecule has 2 nitrogen and oxygen atoms in total. The van der Waals surface area contributed by atoms with Crippen LogP contribution in [0.4, 0.5) is 0 Å². The van der Waals surface area contributed by atoms with Gasteiger partial charge in [0.2, 0.25) is 0 Å². The second-order valence-corrected chi connectivity index (χ2v) is 3.85. The third kappa shape index (κ3) is 1.99. The van der Waals surface area contributed by atoms with E-state index in [1.54, 1.807) is 23.9 Å². The van der Waals surface area contributed by atoms with Gasteiger partial charge in [0.25, 0.3) is 0 Å². The number of aliphatic hydroxyl groups is 1. The first kappa shape index (κ1) is 8.53. The zero-order chi connectivity index (χ0) is 9.10. The molecule has 13 heavy (non-hydrogen) atoms. The van der Waals surface area contributed by atoms with E-state index >= 15 is 0 Å². The minimum atomic E-state index is -0.405. The summed E-state index contributed by atoms with van der Waals surface area (Å²) in [6, 6.07) is 5.75. The Labute approximate surface area is 80.4 Å². The van der Waals surface area contributed by atoms with E-state index < -0.39 is 6.10 Å². The highest BCUT2D eigenvalue weighted by molar-refractivity contribution is 7.10. The smallest absolute Gasteiger partial charge is 0.0935 e. The molecule has 0 bridgehead atoms. The van der Waals surface area contributed by atoms with Crippen molar-refractivity contribution in [2.24, 2.45) is 0 Å². The van der Waals surface area contributed by atoms with Crippen LogP contribution in [0, 0.1) is 0 Å². The second kappa shape index (κ2) is 3.77. The van der Waals surface area contributed by atoms with Gasteiger partial charge in [-0.05, 0) is 23.1 Å². The summed E-state index contributed by atoms with van der Waals surface area (Å²) >= 11 is 1.57. The number of thiophene rings is 1. The Bertz CT molecular complexity index is 337. The molecule has 1 atom stereocenters. The van der Waals surface area contributed by atoms with E-state index in [1.165, 1.54) is 0 Å². The molecule has 0 radical (unpaired) electrons. The number of rotatable bonds is 3. The summed E-state index contributed by atoms with van der Waals surface area (Å²) in [5.74, 6) is 0. The Morgan fingerprint density at radius 3 is 3.00 bits per heavy atom. The minimum absolute atomic E-state index is 0.405. The van der Waals surface area contributed by atoms with Crippen molar-refractivity contribution < 1.29 is 9.52 Å². The molecule has 1 unspecified atom stereocenters. The molecule has 0 saturated heterocycles. The van der Waals surface area contributed by atoms with Crippen LogP contribution in [0.1, 0.15) is 16.5 Å². The molecular weight excluding hydrogens is 184 g/mol. The van der Waals surface area contributed by atoms with Crippen molar-refractivity contribution in [2.45, 2.75) is 12.5 Å². The number of aliphatic hydroxyl groups excluding tert-OH is 1. The average molecular weight is 194 g/mol. The molecule has 0 saturated carbocycles. The number of hydrogen-bond acceptors (Lipinski definition) is 3. The van der Waals surface area contributed by atoms with Crippen molar-refractivity contribution in [1.82, 2.24) is 0 Å². The van der Waals surface area contributed by atoms with Crippen LogP contribution in [0.5, 0.6) is 0 Å². The predicted octanol–water partition coefficient (Wildman–Crippen LogP) is 2.62. The summed E-state index contributed by atoms with van der Waals surface area (Å²) < 4.78 is 4.93. The fourth-order valence-corrected chi connectivity index (χ4v) is 1.93. The fourth-order valence-electron chi connectivity index (χ4n) is 1.21. The van der Waals surface area contributed by atoms with E-state index in [2.05, 4.69) is 0 Å². The third-order valence-electron chi connectivity index (χ3n) is 1.88. The van der Waals surface area contributed by atoms with Gasteiger partial charge in [0, 0.05) is 11.3 Å². The molecule has 0 amide bonds. The van der Waals surface area contributed by atoms with Gasteiger partial charge in [-0.15, -0.1) is 11.3 Å². The van der Waals surface area contributed by atoms with Crippen LogP contribution in [0.25, 0.3) is 0 Å². The molecule has 3 heteroatoms. The van der Waals surface area contributed by atoms with Gasteiger partial charge in [-0.25, -0.2) is 0 Å². The van der Waals surface area contributed by atoms with Crippen molar-refractivity contribution in [2.75, 3.05) is 0 Å². The Hall–Kier alpha value is -1.06. The summed E-state index contributed by atoms with van der Waals surface area (Å²) in [7, 11) is 0. The SMILES string of the molecule is OC(Cc1ccoc1)c1cccs1. The van der Waals surface area contributed by atoms with E-state index in [4.69, 9.17) is 4.42 Å². The molecule has 2 rings (SSSR count). The zero-order valence-electron chi connectivity index (χ0n) is 7.01. The molecule has 2 heterocycles. The maximum Gasteiger partial charge on any atom is 0.0935 e. The molecule has 0 fully saturated rings. The lowest BCUT2D eigenvalue weighted by Crippen LogP contribution is -1.97. The van der Waals surface area contributed by atoms with Gasteiger partial charge in [-0.3, -0.25) is 0 Å². The maximum absolute atomic E-state index is 9.75. The van der Waals surface area contributed by atoms with Crippen LogP contribution in [0.15, 0.2) is 40.5 Å². The van der Waals surface area contributed by atoms with Gasteiger partial charge in [0.15, 0.2) is 0 Å². The van der Waals surface area contributed by atoms with Gasteiger partial charge in [0.1, 0.15) is 0 Å². The highest BCUT2D eigenvalue weighted by atomic mass is 32.1. The topological polar surface area (TPSA) is 33.4 Å². The van der Waals surface area contributed by atoms with Crippen molar-refractivity contribution in [3.05, 3.63) is 46.5 Å². The largest absolute Gasteiger partial charge is 0.472 e. The summed E-state index contributed by atoms with van der Waals surface area (Å²) in [4.78, 5) is 1.00. The molecule has 2 aromatic heterocycles. The lowest BCUT2D eigenvalue weighted by Gasteiger charge is -2.05. The highest BCUT2D eigenvalue weighted by Crippen LogP contribution is 2.22. The normalized spacial score (nSPS) is 13.0. The van der Waals surface area contributed by atoms with E-state index in [-0.39, 0.29) is 0 Å². The standard InChI is InChI=1S/C10H10O2S/c11-9(10-2-1-5-13-10)6-8-3-4-12-7-8/h1-5,7,9,11H,6H2. The van der Waals surface area contributed by atoms with Gasteiger partial charge in [-0.1, -0.05) is 6.07 Å². The van der Waals surface area contributed by atoms with E-state index in [0.717, 1.165) is 10.4 Å². The van der Waals surface area contributed by atoms with Gasteiger partial charge in [0.05, 0.1) is 18.6 Å². The molecule has 1 N–H and O–H groups in total. The van der Waals surface area contributed by atoms with Gasteiger partial charge >= 0.3 is 0 Å². The highest BCUT2D eigenvalue weighted by Gasteiger charge is 2.09. The monoisotopic (exact) mass is 194 g/mol. The van der Waals surface area contributed by atoms with Crippen molar-refractivity contribution in [3.63, 3.8) is 0 Å². The van der Waals surface area contributed by atoms with E-state index in [1.807, 2.05) is 23.6 Å². The maximum atomic E-state index is 9.75. The second-order valence-electron chi connectivity index (χ2n) is 2.87. The molecule has 0 spiro atoms. The molecule has 0 aliphatic heterocycles. The Morgan fingerprint density at radius 1 is 1.46 bits per heavy atom. The Balaban J connectivity index is 2.04. The van der Waals surface area contributed by atoms with Crippen LogP contribution < -0.4 is 0 Å². The van der Waals surface area contributed by atoms with E-state index in [9.17, 15) is 5.11 Å². The Morgan fingerprint density at radius 2 is 2.38 bits per heavy atom. The van der Waals surface area contributed by atoms with Gasteiger partial charge < -0.3 is 9.52 Å². The molecule has 68 valence electrons. The predicted molar refractivity (Wildman–Crippen MR) is 51.7 cm³/mol. The zero-order valence-corrected chi connectivity index (χ0v) is 7.83.